The minimum atomic E-state index is -1.84. The molecule has 0 saturated carbocycles. The van der Waals surface area contributed by atoms with Crippen molar-refractivity contribution in [3.63, 3.8) is 0 Å². The van der Waals surface area contributed by atoms with Gasteiger partial charge in [0.05, 0.1) is 12.2 Å². The fourth-order valence-electron chi connectivity index (χ4n) is 2.86. The van der Waals surface area contributed by atoms with E-state index in [0.717, 1.165) is 0 Å². The van der Waals surface area contributed by atoms with Crippen LogP contribution in [-0.2, 0) is 4.43 Å². The highest BCUT2D eigenvalue weighted by Crippen LogP contribution is 2.46. The summed E-state index contributed by atoms with van der Waals surface area (Å²) in [5, 5.41) is 21.2. The molecule has 0 heterocycles. The average molecular weight is 440 g/mol. The predicted octanol–water partition coefficient (Wildman–Crippen LogP) is 3.99. The van der Waals surface area contributed by atoms with Gasteiger partial charge in [-0.05, 0) is 30.0 Å². The third-order valence-electron chi connectivity index (χ3n) is 5.96. The van der Waals surface area contributed by atoms with Crippen LogP contribution >= 0.6 is 22.6 Å². The summed E-state index contributed by atoms with van der Waals surface area (Å²) in [6, 6.07) is 0. The fourth-order valence-corrected chi connectivity index (χ4v) is 4.84. The molecule has 130 valence electrons. The van der Waals surface area contributed by atoms with E-state index in [1.54, 1.807) is 0 Å². The Morgan fingerprint density at radius 2 is 1.86 bits per heavy atom. The second-order valence-corrected chi connectivity index (χ2v) is 14.1. The number of aliphatic hydroxyl groups excluding tert-OH is 2. The van der Waals surface area contributed by atoms with Gasteiger partial charge in [-0.25, -0.2) is 0 Å². The lowest BCUT2D eigenvalue weighted by molar-refractivity contribution is -0.0939. The first-order valence-corrected chi connectivity index (χ1v) is 12.6. The van der Waals surface area contributed by atoms with Gasteiger partial charge in [-0.1, -0.05) is 69.4 Å². The van der Waals surface area contributed by atoms with Crippen molar-refractivity contribution in [3.8, 4) is 0 Å². The van der Waals surface area contributed by atoms with Gasteiger partial charge in [-0.2, -0.15) is 0 Å². The van der Waals surface area contributed by atoms with Crippen molar-refractivity contribution >= 4 is 30.9 Å². The van der Waals surface area contributed by atoms with E-state index in [2.05, 4.69) is 69.5 Å². The van der Waals surface area contributed by atoms with Gasteiger partial charge in [0, 0.05) is 16.4 Å². The summed E-state index contributed by atoms with van der Waals surface area (Å²) < 4.78 is 7.04. The standard InChI is InChI=1S/C17H33IO3Si/c1-12-8-9-14(19)17(5,15(20)10-18)13(12)11-21-22(6,7)16(2,3)4/h8-9,12-15,19-20H,10-11H2,1-7H3/t12-,13+,14+,15+,17-/m1/s1. The van der Waals surface area contributed by atoms with Gasteiger partial charge in [-0.3, -0.25) is 0 Å². The smallest absolute Gasteiger partial charge is 0.191 e. The van der Waals surface area contributed by atoms with E-state index in [9.17, 15) is 10.2 Å². The molecule has 0 fully saturated rings. The lowest BCUT2D eigenvalue weighted by Crippen LogP contribution is -2.55. The molecule has 1 rings (SSSR count). The van der Waals surface area contributed by atoms with Crippen LogP contribution < -0.4 is 0 Å². The van der Waals surface area contributed by atoms with E-state index in [4.69, 9.17) is 4.43 Å². The summed E-state index contributed by atoms with van der Waals surface area (Å²) in [6.07, 6.45) is 2.74. The highest BCUT2D eigenvalue weighted by molar-refractivity contribution is 14.1. The minimum absolute atomic E-state index is 0.117. The maximum atomic E-state index is 10.5. The monoisotopic (exact) mass is 440 g/mol. The Bertz CT molecular complexity index is 405. The predicted molar refractivity (Wildman–Crippen MR) is 104 cm³/mol. The summed E-state index contributed by atoms with van der Waals surface area (Å²) >= 11 is 2.19. The summed E-state index contributed by atoms with van der Waals surface area (Å²) in [6.45, 7) is 16.0. The van der Waals surface area contributed by atoms with Gasteiger partial charge in [0.25, 0.3) is 0 Å². The van der Waals surface area contributed by atoms with Crippen molar-refractivity contribution < 1.29 is 14.6 Å². The molecule has 5 heteroatoms. The first kappa shape index (κ1) is 20.6. The van der Waals surface area contributed by atoms with Crippen LogP contribution in [0.15, 0.2) is 12.2 Å². The lowest BCUT2D eigenvalue weighted by atomic mass is 9.62. The SMILES string of the molecule is C[C@@H]1C=C[C@H](O)[C@](C)([C@@H](O)CI)[C@H]1CO[Si](C)(C)C(C)(C)C. The third-order valence-corrected chi connectivity index (χ3v) is 11.3. The number of allylic oxidation sites excluding steroid dienone is 1. The Balaban J connectivity index is 3.01. The molecule has 0 radical (unpaired) electrons. The molecule has 22 heavy (non-hydrogen) atoms. The van der Waals surface area contributed by atoms with Crippen LogP contribution in [0.1, 0.15) is 34.6 Å². The normalized spacial score (nSPS) is 34.7. The summed E-state index contributed by atoms with van der Waals surface area (Å²) in [7, 11) is -1.84. The zero-order chi connectivity index (χ0) is 17.3. The number of alkyl halides is 1. The Hall–Kier alpha value is 0.567. The van der Waals surface area contributed by atoms with Crippen molar-refractivity contribution in [1.82, 2.24) is 0 Å². The van der Waals surface area contributed by atoms with E-state index in [-0.39, 0.29) is 16.9 Å². The van der Waals surface area contributed by atoms with Gasteiger partial charge in [0.1, 0.15) is 0 Å². The molecular weight excluding hydrogens is 407 g/mol. The van der Waals surface area contributed by atoms with Crippen LogP contribution in [0.4, 0.5) is 0 Å². The number of halogens is 1. The molecule has 0 spiro atoms. The second kappa shape index (κ2) is 7.21. The zero-order valence-corrected chi connectivity index (χ0v) is 18.2. The summed E-state index contributed by atoms with van der Waals surface area (Å²) in [4.78, 5) is 0. The van der Waals surface area contributed by atoms with Gasteiger partial charge >= 0.3 is 0 Å². The molecule has 3 nitrogen and oxygen atoms in total. The maximum absolute atomic E-state index is 10.5. The first-order valence-electron chi connectivity index (χ1n) is 8.12. The van der Waals surface area contributed by atoms with Crippen LogP contribution in [0.5, 0.6) is 0 Å². The van der Waals surface area contributed by atoms with E-state index in [0.29, 0.717) is 11.0 Å². The Kier molecular flexibility index (Phi) is 6.76. The topological polar surface area (TPSA) is 49.7 Å². The molecular formula is C17H33IO3Si. The highest BCUT2D eigenvalue weighted by atomic mass is 127. The summed E-state index contributed by atoms with van der Waals surface area (Å²) in [5.41, 5.74) is -0.558. The van der Waals surface area contributed by atoms with E-state index < -0.39 is 25.9 Å². The Labute approximate surface area is 150 Å². The minimum Gasteiger partial charge on any atom is -0.417 e. The van der Waals surface area contributed by atoms with E-state index in [1.807, 2.05) is 13.0 Å². The third kappa shape index (κ3) is 3.96. The molecule has 2 N–H and O–H groups in total. The molecule has 0 aliphatic heterocycles. The summed E-state index contributed by atoms with van der Waals surface area (Å²) in [5.74, 6) is 0.405. The molecule has 0 saturated heterocycles. The van der Waals surface area contributed by atoms with E-state index >= 15 is 0 Å². The largest absolute Gasteiger partial charge is 0.417 e. The van der Waals surface area contributed by atoms with Crippen molar-refractivity contribution in [2.75, 3.05) is 11.0 Å². The van der Waals surface area contributed by atoms with Gasteiger partial charge in [-0.15, -0.1) is 0 Å². The molecule has 5 atom stereocenters. The van der Waals surface area contributed by atoms with Crippen molar-refractivity contribution in [2.24, 2.45) is 17.3 Å². The molecule has 1 aliphatic carbocycles. The maximum Gasteiger partial charge on any atom is 0.191 e. The average Bonchev–Trinajstić information content (AvgIpc) is 2.40. The molecule has 0 aromatic carbocycles. The van der Waals surface area contributed by atoms with Crippen molar-refractivity contribution in [3.05, 3.63) is 12.2 Å². The molecule has 1 aliphatic rings. The van der Waals surface area contributed by atoms with Crippen LogP contribution in [0.3, 0.4) is 0 Å². The number of hydrogen-bond donors (Lipinski definition) is 2. The van der Waals surface area contributed by atoms with Crippen molar-refractivity contribution in [1.29, 1.82) is 0 Å². The Morgan fingerprint density at radius 1 is 1.32 bits per heavy atom. The molecule has 0 amide bonds. The van der Waals surface area contributed by atoms with E-state index in [1.165, 1.54) is 0 Å². The quantitative estimate of drug-likeness (QED) is 0.294. The first-order chi connectivity index (χ1) is 9.88. The van der Waals surface area contributed by atoms with Crippen LogP contribution in [0.25, 0.3) is 0 Å². The molecule has 0 bridgehead atoms. The number of rotatable bonds is 5. The van der Waals surface area contributed by atoms with Gasteiger partial charge in [0.15, 0.2) is 8.32 Å². The Morgan fingerprint density at radius 3 is 2.32 bits per heavy atom. The van der Waals surface area contributed by atoms with Crippen LogP contribution in [0, 0.1) is 17.3 Å². The van der Waals surface area contributed by atoms with Gasteiger partial charge in [0.2, 0.25) is 0 Å². The number of hydrogen-bond acceptors (Lipinski definition) is 3. The second-order valence-electron chi connectivity index (χ2n) is 8.40. The molecule has 0 unspecified atom stereocenters. The lowest BCUT2D eigenvalue weighted by Gasteiger charge is -2.49. The molecule has 0 aromatic rings. The zero-order valence-electron chi connectivity index (χ0n) is 15.1. The van der Waals surface area contributed by atoms with Crippen molar-refractivity contribution in [2.45, 2.75) is 65.0 Å². The number of aliphatic hydroxyl groups is 2. The fraction of sp³-hybridized carbons (Fsp3) is 0.882. The van der Waals surface area contributed by atoms with Crippen LogP contribution in [-0.4, -0.2) is 41.8 Å². The highest BCUT2D eigenvalue weighted by Gasteiger charge is 2.50. The van der Waals surface area contributed by atoms with Crippen LogP contribution in [0.2, 0.25) is 18.1 Å². The van der Waals surface area contributed by atoms with Gasteiger partial charge < -0.3 is 14.6 Å². The molecule has 0 aromatic heterocycles.